The summed E-state index contributed by atoms with van der Waals surface area (Å²) in [5, 5.41) is 4.76. The second-order valence-electron chi connectivity index (χ2n) is 17.7. The highest BCUT2D eigenvalue weighted by Crippen LogP contribution is 2.52. The number of rotatable bonds is 5. The lowest BCUT2D eigenvalue weighted by molar-refractivity contribution is 0.658. The molecule has 0 unspecified atom stereocenters. The van der Waals surface area contributed by atoms with Crippen molar-refractivity contribution in [2.24, 2.45) is 0 Å². The van der Waals surface area contributed by atoms with Gasteiger partial charge in [0.15, 0.2) is 0 Å². The average molecular weight is 770 g/mol. The summed E-state index contributed by atoms with van der Waals surface area (Å²) in [6, 6.07) is 69.3. The van der Waals surface area contributed by atoms with E-state index in [1.165, 1.54) is 77.5 Å². The molecule has 2 nitrogen and oxygen atoms in total. The van der Waals surface area contributed by atoms with Gasteiger partial charge in [-0.2, -0.15) is 0 Å². The Hall–Kier alpha value is -7.16. The largest absolute Gasteiger partial charge is 0.456 e. The lowest BCUT2D eigenvalue weighted by Gasteiger charge is -2.27. The SMILES string of the molecule is CC1(C)c2ccccc2-c2ccc(-c3cccc(N(c4cccc(-c5cccc6ccccc56)c4)c4ccc5c(c4)oc4cc6c(cc45)C(C)(C)c4ccccc4-6)c3)cc21. The first-order valence-electron chi connectivity index (χ1n) is 21.1. The van der Waals surface area contributed by atoms with Crippen molar-refractivity contribution in [3.05, 3.63) is 210 Å². The van der Waals surface area contributed by atoms with Crippen molar-refractivity contribution >= 4 is 49.8 Å². The Kier molecular flexibility index (Phi) is 7.36. The van der Waals surface area contributed by atoms with Crippen LogP contribution in [0.1, 0.15) is 49.9 Å². The molecule has 0 atom stereocenters. The molecular weight excluding hydrogens is 727 g/mol. The van der Waals surface area contributed by atoms with Gasteiger partial charge in [-0.05, 0) is 132 Å². The summed E-state index contributed by atoms with van der Waals surface area (Å²) >= 11 is 0. The molecule has 0 amide bonds. The summed E-state index contributed by atoms with van der Waals surface area (Å²) in [6.45, 7) is 9.38. The van der Waals surface area contributed by atoms with Crippen molar-refractivity contribution in [1.29, 1.82) is 0 Å². The van der Waals surface area contributed by atoms with Gasteiger partial charge in [-0.1, -0.05) is 155 Å². The van der Waals surface area contributed by atoms with Crippen LogP contribution >= 0.6 is 0 Å². The van der Waals surface area contributed by atoms with Crippen LogP contribution in [0.15, 0.2) is 192 Å². The molecule has 0 aliphatic heterocycles. The van der Waals surface area contributed by atoms with Gasteiger partial charge in [-0.15, -0.1) is 0 Å². The third kappa shape index (κ3) is 5.07. The molecule has 9 aromatic carbocycles. The molecule has 0 saturated heterocycles. The molecule has 0 radical (unpaired) electrons. The molecule has 2 aliphatic rings. The Bertz CT molecular complexity index is 3390. The molecule has 0 N–H and O–H groups in total. The minimum atomic E-state index is -0.0842. The van der Waals surface area contributed by atoms with Crippen molar-refractivity contribution in [2.75, 3.05) is 4.90 Å². The average Bonchev–Trinajstić information content (AvgIpc) is 3.84. The Balaban J connectivity index is 1.02. The molecular formula is C58H43NO. The van der Waals surface area contributed by atoms with Crippen LogP contribution in [-0.4, -0.2) is 0 Å². The van der Waals surface area contributed by atoms with Crippen molar-refractivity contribution in [2.45, 2.75) is 38.5 Å². The van der Waals surface area contributed by atoms with Crippen LogP contribution in [0.3, 0.4) is 0 Å². The van der Waals surface area contributed by atoms with Crippen LogP contribution in [0.4, 0.5) is 17.1 Å². The third-order valence-electron chi connectivity index (χ3n) is 13.6. The van der Waals surface area contributed by atoms with Crippen LogP contribution in [0, 0.1) is 0 Å². The first kappa shape index (κ1) is 34.8. The molecule has 2 heteroatoms. The maximum atomic E-state index is 6.82. The molecule has 0 saturated carbocycles. The van der Waals surface area contributed by atoms with E-state index in [2.05, 4.69) is 221 Å². The van der Waals surface area contributed by atoms with Crippen LogP contribution in [0.2, 0.25) is 0 Å². The minimum Gasteiger partial charge on any atom is -0.456 e. The summed E-state index contributed by atoms with van der Waals surface area (Å²) in [7, 11) is 0. The molecule has 2 aliphatic carbocycles. The van der Waals surface area contributed by atoms with Gasteiger partial charge in [-0.25, -0.2) is 0 Å². The van der Waals surface area contributed by atoms with E-state index in [4.69, 9.17) is 4.42 Å². The molecule has 1 aromatic heterocycles. The van der Waals surface area contributed by atoms with E-state index in [0.717, 1.165) is 39.0 Å². The van der Waals surface area contributed by atoms with E-state index >= 15 is 0 Å². The summed E-state index contributed by atoms with van der Waals surface area (Å²) in [5.41, 5.74) is 20.4. The maximum Gasteiger partial charge on any atom is 0.137 e. The van der Waals surface area contributed by atoms with Crippen molar-refractivity contribution < 1.29 is 4.42 Å². The van der Waals surface area contributed by atoms with E-state index in [1.807, 2.05) is 0 Å². The Morgan fingerprint density at radius 2 is 0.883 bits per heavy atom. The van der Waals surface area contributed by atoms with Crippen molar-refractivity contribution in [1.82, 2.24) is 0 Å². The van der Waals surface area contributed by atoms with Crippen molar-refractivity contribution in [3.8, 4) is 44.5 Å². The van der Waals surface area contributed by atoms with Crippen molar-refractivity contribution in [3.63, 3.8) is 0 Å². The molecule has 0 spiro atoms. The molecule has 1 heterocycles. The lowest BCUT2D eigenvalue weighted by atomic mass is 9.81. The van der Waals surface area contributed by atoms with E-state index in [0.29, 0.717) is 0 Å². The van der Waals surface area contributed by atoms with Crippen LogP contribution in [0.5, 0.6) is 0 Å². The first-order valence-corrected chi connectivity index (χ1v) is 21.1. The van der Waals surface area contributed by atoms with Crippen LogP contribution < -0.4 is 4.90 Å². The second kappa shape index (κ2) is 12.7. The molecule has 12 rings (SSSR count). The highest BCUT2D eigenvalue weighted by Gasteiger charge is 2.37. The predicted molar refractivity (Wildman–Crippen MR) is 252 cm³/mol. The lowest BCUT2D eigenvalue weighted by Crippen LogP contribution is -2.14. The summed E-state index contributed by atoms with van der Waals surface area (Å²) in [6.07, 6.45) is 0. The highest BCUT2D eigenvalue weighted by atomic mass is 16.3. The molecule has 10 aromatic rings. The number of hydrogen-bond acceptors (Lipinski definition) is 2. The normalized spacial score (nSPS) is 14.3. The molecule has 286 valence electrons. The van der Waals surface area contributed by atoms with Gasteiger partial charge in [0.1, 0.15) is 11.2 Å². The molecule has 0 bridgehead atoms. The number of benzene rings is 9. The fraction of sp³-hybridized carbons (Fsp3) is 0.103. The fourth-order valence-corrected chi connectivity index (χ4v) is 10.5. The summed E-state index contributed by atoms with van der Waals surface area (Å²) < 4.78 is 6.82. The predicted octanol–water partition coefficient (Wildman–Crippen LogP) is 16.2. The fourth-order valence-electron chi connectivity index (χ4n) is 10.5. The topological polar surface area (TPSA) is 16.4 Å². The summed E-state index contributed by atoms with van der Waals surface area (Å²) in [5.74, 6) is 0. The number of furan rings is 1. The zero-order chi connectivity index (χ0) is 40.3. The monoisotopic (exact) mass is 769 g/mol. The number of fused-ring (bicyclic) bond motifs is 10. The van der Waals surface area contributed by atoms with Gasteiger partial charge in [0.2, 0.25) is 0 Å². The minimum absolute atomic E-state index is 0.0745. The van der Waals surface area contributed by atoms with Gasteiger partial charge < -0.3 is 9.32 Å². The standard InChI is InChI=1S/C58H43NO/c1-57(2)51-24-9-7-21-45(51)47-28-26-38(32-53(47)57)37-16-11-18-40(30-37)59(41-19-12-17-39(31-41)44-23-13-15-36-14-5-6-20-43(36)44)42-27-29-48-50-34-54-49(35-56(50)60-55(48)33-42)46-22-8-10-25-52(46)58(54,3)4/h5-35H,1-4H3. The van der Waals surface area contributed by atoms with Gasteiger partial charge in [0.25, 0.3) is 0 Å². The Morgan fingerprint density at radius 3 is 1.67 bits per heavy atom. The van der Waals surface area contributed by atoms with E-state index < -0.39 is 0 Å². The highest BCUT2D eigenvalue weighted by molar-refractivity contribution is 6.09. The van der Waals surface area contributed by atoms with Gasteiger partial charge in [-0.3, -0.25) is 0 Å². The van der Waals surface area contributed by atoms with Gasteiger partial charge in [0, 0.05) is 44.7 Å². The third-order valence-corrected chi connectivity index (χ3v) is 13.6. The van der Waals surface area contributed by atoms with E-state index in [9.17, 15) is 0 Å². The maximum absolute atomic E-state index is 6.82. The Labute approximate surface area is 351 Å². The number of nitrogens with zero attached hydrogens (tertiary/aromatic N) is 1. The molecule has 0 fully saturated rings. The van der Waals surface area contributed by atoms with Gasteiger partial charge >= 0.3 is 0 Å². The Morgan fingerprint density at radius 1 is 0.333 bits per heavy atom. The number of anilines is 3. The number of hydrogen-bond donors (Lipinski definition) is 0. The van der Waals surface area contributed by atoms with Gasteiger partial charge in [0.05, 0.1) is 0 Å². The van der Waals surface area contributed by atoms with Crippen LogP contribution in [0.25, 0.3) is 77.2 Å². The second-order valence-corrected chi connectivity index (χ2v) is 17.7. The van der Waals surface area contributed by atoms with E-state index in [-0.39, 0.29) is 10.8 Å². The zero-order valence-electron chi connectivity index (χ0n) is 34.3. The van der Waals surface area contributed by atoms with E-state index in [1.54, 1.807) is 0 Å². The summed E-state index contributed by atoms with van der Waals surface area (Å²) in [4.78, 5) is 2.39. The smallest absolute Gasteiger partial charge is 0.137 e. The quantitative estimate of drug-likeness (QED) is 0.173. The first-order chi connectivity index (χ1) is 29.2. The van der Waals surface area contributed by atoms with Crippen LogP contribution in [-0.2, 0) is 10.8 Å². The molecule has 60 heavy (non-hydrogen) atoms. The zero-order valence-corrected chi connectivity index (χ0v) is 34.3.